The molecule has 1 N–H and O–H groups in total. The lowest BCUT2D eigenvalue weighted by molar-refractivity contribution is -0.142. The predicted octanol–water partition coefficient (Wildman–Crippen LogP) is 2.23. The van der Waals surface area contributed by atoms with Gasteiger partial charge in [-0.3, -0.25) is 9.59 Å². The van der Waals surface area contributed by atoms with Crippen molar-refractivity contribution in [3.8, 4) is 0 Å². The van der Waals surface area contributed by atoms with Crippen LogP contribution in [-0.4, -0.2) is 49.6 Å². The van der Waals surface area contributed by atoms with Crippen LogP contribution in [-0.2, 0) is 14.3 Å². The van der Waals surface area contributed by atoms with Gasteiger partial charge in [-0.05, 0) is 37.5 Å². The number of ether oxygens (including phenoxy) is 1. The summed E-state index contributed by atoms with van der Waals surface area (Å²) < 4.78 is 5.39. The first kappa shape index (κ1) is 18.4. The molecule has 2 fully saturated rings. The first-order valence-corrected chi connectivity index (χ1v) is 9.98. The maximum absolute atomic E-state index is 13.2. The molecule has 2 amide bonds. The number of rotatable bonds is 8. The Balaban J connectivity index is 1.67. The summed E-state index contributed by atoms with van der Waals surface area (Å²) in [5.41, 5.74) is 0. The van der Waals surface area contributed by atoms with Gasteiger partial charge in [-0.25, -0.2) is 0 Å². The number of amides is 2. The number of hydrogen-bond acceptors (Lipinski definition) is 3. The quantitative estimate of drug-likeness (QED) is 0.684. The third kappa shape index (κ3) is 3.91. The molecule has 0 spiro atoms. The van der Waals surface area contributed by atoms with Crippen LogP contribution in [0.25, 0.3) is 0 Å². The molecule has 140 valence electrons. The number of carbonyl (C=O) groups excluding carboxylic acids is 2. The van der Waals surface area contributed by atoms with E-state index >= 15 is 0 Å². The van der Waals surface area contributed by atoms with Gasteiger partial charge in [-0.15, -0.1) is 0 Å². The summed E-state index contributed by atoms with van der Waals surface area (Å²) in [6.07, 6.45) is 8.20. The van der Waals surface area contributed by atoms with E-state index in [4.69, 9.17) is 4.74 Å². The highest BCUT2D eigenvalue weighted by Crippen LogP contribution is 2.48. The van der Waals surface area contributed by atoms with Crippen molar-refractivity contribution in [3.05, 3.63) is 12.2 Å². The van der Waals surface area contributed by atoms with Crippen LogP contribution >= 0.6 is 0 Å². The van der Waals surface area contributed by atoms with E-state index in [0.717, 1.165) is 52.0 Å². The van der Waals surface area contributed by atoms with Gasteiger partial charge in [0.15, 0.2) is 0 Å². The zero-order valence-corrected chi connectivity index (χ0v) is 15.6. The largest absolute Gasteiger partial charge is 0.381 e. The van der Waals surface area contributed by atoms with Crippen LogP contribution in [0, 0.1) is 29.6 Å². The Hall–Kier alpha value is -1.36. The zero-order valence-electron chi connectivity index (χ0n) is 15.6. The fraction of sp³-hybridized carbons (Fsp3) is 0.800. The van der Waals surface area contributed by atoms with Gasteiger partial charge in [0, 0.05) is 32.2 Å². The number of fused-ring (bicyclic) bond motifs is 2. The van der Waals surface area contributed by atoms with Gasteiger partial charge < -0.3 is 15.0 Å². The molecular formula is C20H32N2O3. The number of carbonyl (C=O) groups is 2. The van der Waals surface area contributed by atoms with Gasteiger partial charge in [0.25, 0.3) is 0 Å². The Morgan fingerprint density at radius 1 is 1.12 bits per heavy atom. The van der Waals surface area contributed by atoms with E-state index in [2.05, 4.69) is 31.3 Å². The number of nitrogens with one attached hydrogen (secondary N) is 1. The van der Waals surface area contributed by atoms with Crippen molar-refractivity contribution in [1.82, 2.24) is 10.2 Å². The van der Waals surface area contributed by atoms with E-state index < -0.39 is 0 Å². The van der Waals surface area contributed by atoms with Crippen LogP contribution in [0.15, 0.2) is 12.2 Å². The molecule has 0 aromatic heterocycles. The summed E-state index contributed by atoms with van der Waals surface area (Å²) in [6, 6.07) is 0. The Morgan fingerprint density at radius 2 is 1.80 bits per heavy atom. The Kier molecular flexibility index (Phi) is 6.15. The third-order valence-corrected chi connectivity index (χ3v) is 5.93. The lowest BCUT2D eigenvalue weighted by Gasteiger charge is -2.32. The van der Waals surface area contributed by atoms with E-state index in [1.807, 2.05) is 4.90 Å². The van der Waals surface area contributed by atoms with Gasteiger partial charge in [0.1, 0.15) is 0 Å². The van der Waals surface area contributed by atoms with Crippen molar-refractivity contribution in [1.29, 1.82) is 0 Å². The maximum Gasteiger partial charge on any atom is 0.227 e. The van der Waals surface area contributed by atoms with Gasteiger partial charge >= 0.3 is 0 Å². The summed E-state index contributed by atoms with van der Waals surface area (Å²) in [5.74, 6) is 0.765. The SMILES string of the molecule is CCCN(CCC)C(=O)[C@H]1[C@@H](C(=O)NC[C@H]2CCOC2)[C@H]2C=C[C@H]1C2. The zero-order chi connectivity index (χ0) is 17.8. The van der Waals surface area contributed by atoms with Crippen molar-refractivity contribution in [2.24, 2.45) is 29.6 Å². The second kappa shape index (κ2) is 8.35. The first-order chi connectivity index (χ1) is 12.2. The number of allylic oxidation sites excluding steroid dienone is 2. The summed E-state index contributed by atoms with van der Waals surface area (Å²) >= 11 is 0. The van der Waals surface area contributed by atoms with E-state index in [0.29, 0.717) is 12.5 Å². The molecule has 5 atom stereocenters. The fourth-order valence-electron chi connectivity index (χ4n) is 4.71. The molecule has 0 aromatic rings. The molecule has 3 aliphatic rings. The third-order valence-electron chi connectivity index (χ3n) is 5.93. The molecular weight excluding hydrogens is 316 g/mol. The van der Waals surface area contributed by atoms with E-state index in [1.165, 1.54) is 0 Å². The van der Waals surface area contributed by atoms with Crippen LogP contribution < -0.4 is 5.32 Å². The smallest absolute Gasteiger partial charge is 0.227 e. The van der Waals surface area contributed by atoms with Gasteiger partial charge in [0.05, 0.1) is 18.4 Å². The normalized spacial score (nSPS) is 33.0. The van der Waals surface area contributed by atoms with Crippen LogP contribution in [0.2, 0.25) is 0 Å². The predicted molar refractivity (Wildman–Crippen MR) is 96.8 cm³/mol. The minimum absolute atomic E-state index is 0.0649. The molecule has 3 rings (SSSR count). The number of hydrogen-bond donors (Lipinski definition) is 1. The fourth-order valence-corrected chi connectivity index (χ4v) is 4.71. The molecule has 2 bridgehead atoms. The van der Waals surface area contributed by atoms with Crippen LogP contribution in [0.4, 0.5) is 0 Å². The summed E-state index contributed by atoms with van der Waals surface area (Å²) in [7, 11) is 0. The lowest BCUT2D eigenvalue weighted by Crippen LogP contribution is -2.46. The highest BCUT2D eigenvalue weighted by molar-refractivity contribution is 5.89. The topological polar surface area (TPSA) is 58.6 Å². The molecule has 0 aromatic carbocycles. The van der Waals surface area contributed by atoms with Gasteiger partial charge in [-0.1, -0.05) is 26.0 Å². The van der Waals surface area contributed by atoms with Gasteiger partial charge in [0.2, 0.25) is 11.8 Å². The van der Waals surface area contributed by atoms with Gasteiger partial charge in [-0.2, -0.15) is 0 Å². The van der Waals surface area contributed by atoms with Crippen LogP contribution in [0.1, 0.15) is 39.5 Å². The molecule has 0 unspecified atom stereocenters. The molecule has 1 saturated heterocycles. The van der Waals surface area contributed by atoms with Crippen molar-refractivity contribution >= 4 is 11.8 Å². The summed E-state index contributed by atoms with van der Waals surface area (Å²) in [6.45, 7) is 7.98. The first-order valence-electron chi connectivity index (χ1n) is 9.98. The average Bonchev–Trinajstić information content (AvgIpc) is 3.35. The molecule has 2 aliphatic carbocycles. The molecule has 0 radical (unpaired) electrons. The Labute approximate surface area is 151 Å². The Bertz CT molecular complexity index is 507. The molecule has 5 nitrogen and oxygen atoms in total. The standard InChI is InChI=1S/C20H32N2O3/c1-3-8-22(9-4-2)20(24)18-16-6-5-15(11-16)17(18)19(23)21-12-14-7-10-25-13-14/h5-6,14-18H,3-4,7-13H2,1-2H3,(H,21,23)/t14-,15+,16+,17+,18-/m1/s1. The Morgan fingerprint density at radius 3 is 2.40 bits per heavy atom. The van der Waals surface area contributed by atoms with Crippen molar-refractivity contribution in [2.75, 3.05) is 32.8 Å². The second-order valence-corrected chi connectivity index (χ2v) is 7.80. The maximum atomic E-state index is 13.2. The number of nitrogens with zero attached hydrogens (tertiary/aromatic N) is 1. The van der Waals surface area contributed by atoms with Crippen LogP contribution in [0.5, 0.6) is 0 Å². The minimum atomic E-state index is -0.193. The van der Waals surface area contributed by atoms with E-state index in [9.17, 15) is 9.59 Å². The average molecular weight is 348 g/mol. The van der Waals surface area contributed by atoms with E-state index in [-0.39, 0.29) is 35.5 Å². The minimum Gasteiger partial charge on any atom is -0.381 e. The van der Waals surface area contributed by atoms with E-state index in [1.54, 1.807) is 0 Å². The summed E-state index contributed by atoms with van der Waals surface area (Å²) in [5, 5.41) is 3.12. The highest BCUT2D eigenvalue weighted by atomic mass is 16.5. The van der Waals surface area contributed by atoms with Crippen molar-refractivity contribution in [2.45, 2.75) is 39.5 Å². The molecule has 25 heavy (non-hydrogen) atoms. The molecule has 1 saturated carbocycles. The molecule has 1 aliphatic heterocycles. The molecule has 1 heterocycles. The van der Waals surface area contributed by atoms with Crippen molar-refractivity contribution in [3.63, 3.8) is 0 Å². The summed E-state index contributed by atoms with van der Waals surface area (Å²) in [4.78, 5) is 28.0. The molecule has 5 heteroatoms. The monoisotopic (exact) mass is 348 g/mol. The van der Waals surface area contributed by atoms with Crippen molar-refractivity contribution < 1.29 is 14.3 Å². The highest BCUT2D eigenvalue weighted by Gasteiger charge is 2.52. The lowest BCUT2D eigenvalue weighted by atomic mass is 9.81. The second-order valence-electron chi connectivity index (χ2n) is 7.80. The van der Waals surface area contributed by atoms with Crippen LogP contribution in [0.3, 0.4) is 0 Å².